The summed E-state index contributed by atoms with van der Waals surface area (Å²) in [5.74, 6) is 0. The van der Waals surface area contributed by atoms with Crippen LogP contribution in [0.25, 0.3) is 0 Å². The normalized spacial score (nSPS) is 9.75. The van der Waals surface area contributed by atoms with E-state index in [0.29, 0.717) is 0 Å². The van der Waals surface area contributed by atoms with Gasteiger partial charge in [0.15, 0.2) is 0 Å². The molecule has 6 nitrogen and oxygen atoms in total. The predicted octanol–water partition coefficient (Wildman–Crippen LogP) is 0.616. The summed E-state index contributed by atoms with van der Waals surface area (Å²) in [6.07, 6.45) is 7.92. The van der Waals surface area contributed by atoms with E-state index in [-0.39, 0.29) is 0 Å². The zero-order valence-corrected chi connectivity index (χ0v) is 17.5. The Morgan fingerprint density at radius 2 is 0.500 bits per heavy atom. The molecule has 0 aromatic heterocycles. The lowest BCUT2D eigenvalue weighted by atomic mass is 10.2. The first-order valence-corrected chi connectivity index (χ1v) is 9.62. The lowest BCUT2D eigenvalue weighted by molar-refractivity contribution is 0.600. The SMILES string of the molecule is CNCCCCCCNC.CNCCCCNC.CNCCNC. The molecule has 0 bridgehead atoms. The van der Waals surface area contributed by atoms with Gasteiger partial charge in [-0.1, -0.05) is 12.8 Å². The van der Waals surface area contributed by atoms with Gasteiger partial charge in [-0.15, -0.1) is 0 Å². The average Bonchev–Trinajstić information content (AvgIpc) is 2.61. The maximum absolute atomic E-state index is 3.14. The highest BCUT2D eigenvalue weighted by Gasteiger charge is 1.86. The van der Waals surface area contributed by atoms with Crippen molar-refractivity contribution in [2.75, 3.05) is 81.6 Å². The van der Waals surface area contributed by atoms with Crippen molar-refractivity contribution in [2.45, 2.75) is 38.5 Å². The molecule has 0 aromatic carbocycles. The van der Waals surface area contributed by atoms with Gasteiger partial charge in [-0.2, -0.15) is 0 Å². The molecule has 0 aromatic rings. The van der Waals surface area contributed by atoms with E-state index in [1.807, 2.05) is 42.3 Å². The van der Waals surface area contributed by atoms with Gasteiger partial charge in [0.05, 0.1) is 0 Å². The zero-order chi connectivity index (χ0) is 18.7. The Bertz CT molecular complexity index is 152. The smallest absolute Gasteiger partial charge is 0.00736 e. The third kappa shape index (κ3) is 43.0. The third-order valence-corrected chi connectivity index (χ3v) is 3.33. The van der Waals surface area contributed by atoms with Crippen molar-refractivity contribution < 1.29 is 0 Å². The largest absolute Gasteiger partial charge is 0.320 e. The monoisotopic (exact) mass is 348 g/mol. The van der Waals surface area contributed by atoms with Gasteiger partial charge in [0.2, 0.25) is 0 Å². The van der Waals surface area contributed by atoms with Crippen LogP contribution in [-0.2, 0) is 0 Å². The highest BCUT2D eigenvalue weighted by Crippen LogP contribution is 1.96. The Balaban J connectivity index is -0.000000285. The fourth-order valence-corrected chi connectivity index (χ4v) is 1.81. The summed E-state index contributed by atoms with van der Waals surface area (Å²) in [6, 6.07) is 0. The number of unbranched alkanes of at least 4 members (excludes halogenated alkanes) is 4. The van der Waals surface area contributed by atoms with Gasteiger partial charge >= 0.3 is 0 Å². The van der Waals surface area contributed by atoms with Crippen molar-refractivity contribution in [1.29, 1.82) is 0 Å². The molecule has 150 valence electrons. The summed E-state index contributed by atoms with van der Waals surface area (Å²) in [5, 5.41) is 18.5. The van der Waals surface area contributed by atoms with E-state index in [4.69, 9.17) is 0 Å². The Labute approximate surface area is 152 Å². The lowest BCUT2D eigenvalue weighted by Gasteiger charge is -1.99. The van der Waals surface area contributed by atoms with Crippen LogP contribution in [0.2, 0.25) is 0 Å². The number of rotatable bonds is 15. The molecule has 0 saturated carbocycles. The summed E-state index contributed by atoms with van der Waals surface area (Å²) in [5.41, 5.74) is 0. The molecular formula is C18H48N6. The van der Waals surface area contributed by atoms with E-state index in [0.717, 1.165) is 26.2 Å². The second kappa shape index (κ2) is 34.2. The van der Waals surface area contributed by atoms with E-state index in [1.54, 1.807) is 0 Å². The number of hydrogen-bond acceptors (Lipinski definition) is 6. The highest BCUT2D eigenvalue weighted by molar-refractivity contribution is 4.46. The molecule has 0 atom stereocenters. The molecule has 0 aliphatic rings. The summed E-state index contributed by atoms with van der Waals surface area (Å²) < 4.78 is 0. The van der Waals surface area contributed by atoms with Crippen LogP contribution in [0.1, 0.15) is 38.5 Å². The van der Waals surface area contributed by atoms with Gasteiger partial charge < -0.3 is 31.9 Å². The summed E-state index contributed by atoms with van der Waals surface area (Å²) in [6.45, 7) is 6.72. The van der Waals surface area contributed by atoms with Crippen LogP contribution in [-0.4, -0.2) is 81.6 Å². The van der Waals surface area contributed by atoms with Crippen LogP contribution in [0.3, 0.4) is 0 Å². The van der Waals surface area contributed by atoms with Crippen LogP contribution in [0.15, 0.2) is 0 Å². The van der Waals surface area contributed by atoms with Crippen LogP contribution >= 0.6 is 0 Å². The molecule has 0 amide bonds. The molecule has 0 rings (SSSR count). The minimum absolute atomic E-state index is 1.05. The van der Waals surface area contributed by atoms with Gasteiger partial charge in [-0.05, 0) is 94.1 Å². The first-order valence-electron chi connectivity index (χ1n) is 9.62. The maximum Gasteiger partial charge on any atom is 0.00736 e. The molecule has 0 fully saturated rings. The van der Waals surface area contributed by atoms with Crippen molar-refractivity contribution in [1.82, 2.24) is 31.9 Å². The number of likely N-dealkylation sites (N-methyl/N-ethyl adjacent to an activating group) is 2. The van der Waals surface area contributed by atoms with Gasteiger partial charge in [-0.3, -0.25) is 0 Å². The minimum Gasteiger partial charge on any atom is -0.320 e. The van der Waals surface area contributed by atoms with Gasteiger partial charge in [0.25, 0.3) is 0 Å². The molecule has 0 unspecified atom stereocenters. The lowest BCUT2D eigenvalue weighted by Crippen LogP contribution is -2.21. The molecule has 6 N–H and O–H groups in total. The summed E-state index contributed by atoms with van der Waals surface area (Å²) >= 11 is 0. The van der Waals surface area contributed by atoms with Crippen molar-refractivity contribution in [2.24, 2.45) is 0 Å². The highest BCUT2D eigenvalue weighted by atomic mass is 14.9. The zero-order valence-electron chi connectivity index (χ0n) is 17.5. The Morgan fingerprint density at radius 3 is 0.708 bits per heavy atom. The van der Waals surface area contributed by atoms with Crippen molar-refractivity contribution in [3.63, 3.8) is 0 Å². The van der Waals surface area contributed by atoms with Gasteiger partial charge in [0, 0.05) is 13.1 Å². The van der Waals surface area contributed by atoms with Gasteiger partial charge in [-0.25, -0.2) is 0 Å². The molecule has 0 aliphatic heterocycles. The van der Waals surface area contributed by atoms with E-state index < -0.39 is 0 Å². The fraction of sp³-hybridized carbons (Fsp3) is 1.00. The van der Waals surface area contributed by atoms with Crippen molar-refractivity contribution >= 4 is 0 Å². The van der Waals surface area contributed by atoms with Crippen molar-refractivity contribution in [3.05, 3.63) is 0 Å². The van der Waals surface area contributed by atoms with Gasteiger partial charge in [0.1, 0.15) is 0 Å². The van der Waals surface area contributed by atoms with E-state index in [1.165, 1.54) is 51.6 Å². The maximum atomic E-state index is 3.14. The standard InChI is InChI=1S/C8H20N2.C6H16N2.C4H12N2/c1-9-7-5-3-4-6-8-10-2;1-7-5-3-4-6-8-2;1-5-3-4-6-2/h9-10H,3-8H2,1-2H3;7-8H,3-6H2,1-2H3;5-6H,3-4H2,1-2H3. The van der Waals surface area contributed by atoms with E-state index >= 15 is 0 Å². The molecule has 6 heteroatoms. The molecule has 24 heavy (non-hydrogen) atoms. The number of hydrogen-bond donors (Lipinski definition) is 6. The minimum atomic E-state index is 1.05. The molecule has 0 heterocycles. The Morgan fingerprint density at radius 1 is 0.292 bits per heavy atom. The first-order chi connectivity index (χ1) is 11.7. The Hall–Kier alpha value is -0.240. The van der Waals surface area contributed by atoms with E-state index in [9.17, 15) is 0 Å². The average molecular weight is 349 g/mol. The van der Waals surface area contributed by atoms with Crippen LogP contribution in [0.5, 0.6) is 0 Å². The van der Waals surface area contributed by atoms with E-state index in [2.05, 4.69) is 31.9 Å². The second-order valence-corrected chi connectivity index (χ2v) is 5.74. The molecule has 0 radical (unpaired) electrons. The third-order valence-electron chi connectivity index (χ3n) is 3.33. The van der Waals surface area contributed by atoms with Crippen LogP contribution in [0, 0.1) is 0 Å². The second-order valence-electron chi connectivity index (χ2n) is 5.74. The van der Waals surface area contributed by atoms with Crippen molar-refractivity contribution in [3.8, 4) is 0 Å². The number of nitrogens with one attached hydrogen (secondary N) is 6. The first kappa shape index (κ1) is 28.6. The molecule has 0 saturated heterocycles. The van der Waals surface area contributed by atoms with Crippen LogP contribution < -0.4 is 31.9 Å². The molecular weight excluding hydrogens is 300 g/mol. The fourth-order valence-electron chi connectivity index (χ4n) is 1.81. The van der Waals surface area contributed by atoms with Crippen LogP contribution in [0.4, 0.5) is 0 Å². The summed E-state index contributed by atoms with van der Waals surface area (Å²) in [7, 11) is 11.9. The quantitative estimate of drug-likeness (QED) is 0.244. The summed E-state index contributed by atoms with van der Waals surface area (Å²) in [4.78, 5) is 0. The molecule has 0 spiro atoms. The Kier molecular flexibility index (Phi) is 40.7. The topological polar surface area (TPSA) is 72.2 Å². The molecule has 0 aliphatic carbocycles. The predicted molar refractivity (Wildman–Crippen MR) is 111 cm³/mol.